The lowest BCUT2D eigenvalue weighted by Gasteiger charge is -2.23. The van der Waals surface area contributed by atoms with Crippen LogP contribution in [0.3, 0.4) is 0 Å². The van der Waals surface area contributed by atoms with Crippen LogP contribution in [0.1, 0.15) is 0 Å². The highest BCUT2D eigenvalue weighted by Crippen LogP contribution is 2.04. The van der Waals surface area contributed by atoms with Gasteiger partial charge < -0.3 is 5.32 Å². The molecular formula is C6H11NO2S. The van der Waals surface area contributed by atoms with Crippen LogP contribution in [-0.4, -0.2) is 27.8 Å². The minimum Gasteiger partial charge on any atom is -0.315 e. The van der Waals surface area contributed by atoms with E-state index >= 15 is 0 Å². The summed E-state index contributed by atoms with van der Waals surface area (Å²) in [5.74, 6) is 0.426. The Morgan fingerprint density at radius 2 is 2.10 bits per heavy atom. The van der Waals surface area contributed by atoms with Gasteiger partial charge in [0.25, 0.3) is 0 Å². The Morgan fingerprint density at radius 3 is 2.40 bits per heavy atom. The molecule has 0 saturated carbocycles. The summed E-state index contributed by atoms with van der Waals surface area (Å²) < 4.78 is 21.1. The Bertz CT molecular complexity index is 226. The fourth-order valence-electron chi connectivity index (χ4n) is 0.701. The lowest BCUT2D eigenvalue weighted by atomic mass is 10.1. The smallest absolute Gasteiger partial charge is 0.168 e. The Morgan fingerprint density at radius 1 is 1.50 bits per heavy atom. The summed E-state index contributed by atoms with van der Waals surface area (Å²) in [5.41, 5.74) is 0. The summed E-state index contributed by atoms with van der Waals surface area (Å²) >= 11 is 0. The van der Waals surface area contributed by atoms with E-state index in [1.807, 2.05) is 0 Å². The number of nitrogens with one attached hydrogen (secondary N) is 1. The second-order valence-electron chi connectivity index (χ2n) is 2.58. The standard InChI is InChI=1S/C6H11NO2S/c1-10(8,9)3-2-6-4-7-5-6/h2-3,6-7H,4-5H2,1H3. The molecule has 1 rings (SSSR count). The monoisotopic (exact) mass is 161 g/mol. The van der Waals surface area contributed by atoms with E-state index in [1.54, 1.807) is 6.08 Å². The van der Waals surface area contributed by atoms with Crippen molar-refractivity contribution >= 4 is 9.84 Å². The van der Waals surface area contributed by atoms with Gasteiger partial charge in [-0.2, -0.15) is 0 Å². The van der Waals surface area contributed by atoms with Crippen molar-refractivity contribution in [2.45, 2.75) is 0 Å². The maximum Gasteiger partial charge on any atom is 0.168 e. The van der Waals surface area contributed by atoms with Crippen LogP contribution >= 0.6 is 0 Å². The minimum atomic E-state index is -2.90. The van der Waals surface area contributed by atoms with E-state index in [9.17, 15) is 8.42 Å². The summed E-state index contributed by atoms with van der Waals surface area (Å²) in [7, 11) is -2.90. The molecule has 1 saturated heterocycles. The third-order valence-corrected chi connectivity index (χ3v) is 2.06. The average Bonchev–Trinajstić information content (AvgIpc) is 1.56. The van der Waals surface area contributed by atoms with Gasteiger partial charge in [-0.3, -0.25) is 0 Å². The van der Waals surface area contributed by atoms with Crippen molar-refractivity contribution in [3.05, 3.63) is 11.5 Å². The van der Waals surface area contributed by atoms with Gasteiger partial charge in [0.05, 0.1) is 0 Å². The molecule has 0 aromatic rings. The van der Waals surface area contributed by atoms with E-state index in [1.165, 1.54) is 11.7 Å². The van der Waals surface area contributed by atoms with E-state index in [0.29, 0.717) is 5.92 Å². The number of sulfone groups is 1. The maximum atomic E-state index is 10.6. The van der Waals surface area contributed by atoms with Crippen molar-refractivity contribution in [1.29, 1.82) is 0 Å². The molecule has 0 aliphatic carbocycles. The van der Waals surface area contributed by atoms with Gasteiger partial charge in [-0.15, -0.1) is 0 Å². The van der Waals surface area contributed by atoms with Crippen LogP contribution in [0.5, 0.6) is 0 Å². The van der Waals surface area contributed by atoms with Gasteiger partial charge in [-0.25, -0.2) is 8.42 Å². The van der Waals surface area contributed by atoms with Gasteiger partial charge in [-0.05, 0) is 0 Å². The summed E-state index contributed by atoms with van der Waals surface area (Å²) in [6.07, 6.45) is 2.95. The molecule has 1 heterocycles. The van der Waals surface area contributed by atoms with Gasteiger partial charge in [0.2, 0.25) is 0 Å². The van der Waals surface area contributed by atoms with Crippen molar-refractivity contribution < 1.29 is 8.42 Å². The van der Waals surface area contributed by atoms with Crippen LogP contribution in [-0.2, 0) is 9.84 Å². The van der Waals surface area contributed by atoms with Gasteiger partial charge in [0, 0.05) is 30.7 Å². The zero-order chi connectivity index (χ0) is 7.61. The van der Waals surface area contributed by atoms with Crippen molar-refractivity contribution in [3.63, 3.8) is 0 Å². The lowest BCUT2D eigenvalue weighted by Crippen LogP contribution is -2.40. The largest absolute Gasteiger partial charge is 0.315 e. The normalized spacial score (nSPS) is 21.3. The second kappa shape index (κ2) is 2.72. The summed E-state index contributed by atoms with van der Waals surface area (Å²) in [6, 6.07) is 0. The average molecular weight is 161 g/mol. The predicted molar refractivity (Wildman–Crippen MR) is 40.3 cm³/mol. The van der Waals surface area contributed by atoms with E-state index in [2.05, 4.69) is 5.32 Å². The molecule has 0 spiro atoms. The molecular weight excluding hydrogens is 150 g/mol. The van der Waals surface area contributed by atoms with Crippen molar-refractivity contribution in [2.24, 2.45) is 5.92 Å². The molecule has 4 heteroatoms. The molecule has 0 aromatic heterocycles. The first-order valence-electron chi connectivity index (χ1n) is 3.17. The first kappa shape index (κ1) is 7.75. The summed E-state index contributed by atoms with van der Waals surface area (Å²) in [6.45, 7) is 1.82. The highest BCUT2D eigenvalue weighted by Gasteiger charge is 2.12. The summed E-state index contributed by atoms with van der Waals surface area (Å²) in [4.78, 5) is 0. The maximum absolute atomic E-state index is 10.6. The molecule has 0 amide bonds. The summed E-state index contributed by atoms with van der Waals surface area (Å²) in [5, 5.41) is 4.33. The van der Waals surface area contributed by atoms with Crippen molar-refractivity contribution in [2.75, 3.05) is 19.3 Å². The Balaban J connectivity index is 2.43. The second-order valence-corrected chi connectivity index (χ2v) is 4.51. The number of hydrogen-bond acceptors (Lipinski definition) is 3. The minimum absolute atomic E-state index is 0.426. The molecule has 0 radical (unpaired) electrons. The number of hydrogen-bond donors (Lipinski definition) is 1. The van der Waals surface area contributed by atoms with E-state index in [0.717, 1.165) is 13.1 Å². The molecule has 1 N–H and O–H groups in total. The molecule has 3 nitrogen and oxygen atoms in total. The van der Waals surface area contributed by atoms with Gasteiger partial charge in [-0.1, -0.05) is 6.08 Å². The Kier molecular flexibility index (Phi) is 2.11. The van der Waals surface area contributed by atoms with Crippen molar-refractivity contribution in [1.82, 2.24) is 5.32 Å². The molecule has 1 fully saturated rings. The fourth-order valence-corrected chi connectivity index (χ4v) is 1.21. The van der Waals surface area contributed by atoms with E-state index in [4.69, 9.17) is 0 Å². The molecule has 58 valence electrons. The molecule has 1 aliphatic rings. The molecule has 10 heavy (non-hydrogen) atoms. The van der Waals surface area contributed by atoms with Crippen LogP contribution in [0.25, 0.3) is 0 Å². The van der Waals surface area contributed by atoms with Gasteiger partial charge >= 0.3 is 0 Å². The molecule has 1 aliphatic heterocycles. The Hall–Kier alpha value is -0.350. The first-order valence-corrected chi connectivity index (χ1v) is 5.12. The third-order valence-electron chi connectivity index (χ3n) is 1.41. The zero-order valence-electron chi connectivity index (χ0n) is 5.87. The SMILES string of the molecule is CS(=O)(=O)C=CC1CNC1. The van der Waals surface area contributed by atoms with Crippen LogP contribution in [0.2, 0.25) is 0 Å². The van der Waals surface area contributed by atoms with Gasteiger partial charge in [0.15, 0.2) is 9.84 Å². The number of rotatable bonds is 2. The molecule has 0 unspecified atom stereocenters. The highest BCUT2D eigenvalue weighted by atomic mass is 32.2. The van der Waals surface area contributed by atoms with E-state index < -0.39 is 9.84 Å². The van der Waals surface area contributed by atoms with Crippen LogP contribution in [0, 0.1) is 5.92 Å². The fraction of sp³-hybridized carbons (Fsp3) is 0.667. The Labute approximate surface area is 61.0 Å². The van der Waals surface area contributed by atoms with Crippen LogP contribution in [0.4, 0.5) is 0 Å². The third kappa shape index (κ3) is 2.49. The van der Waals surface area contributed by atoms with Crippen molar-refractivity contribution in [3.8, 4) is 0 Å². The van der Waals surface area contributed by atoms with Gasteiger partial charge in [0.1, 0.15) is 0 Å². The first-order chi connectivity index (χ1) is 4.58. The zero-order valence-corrected chi connectivity index (χ0v) is 6.69. The quantitative estimate of drug-likeness (QED) is 0.608. The van der Waals surface area contributed by atoms with Crippen LogP contribution < -0.4 is 5.32 Å². The highest BCUT2D eigenvalue weighted by molar-refractivity contribution is 7.93. The van der Waals surface area contributed by atoms with Crippen LogP contribution in [0.15, 0.2) is 11.5 Å². The molecule has 0 aromatic carbocycles. The molecule has 0 bridgehead atoms. The van der Waals surface area contributed by atoms with E-state index in [-0.39, 0.29) is 0 Å². The molecule has 0 atom stereocenters. The lowest BCUT2D eigenvalue weighted by molar-refractivity contribution is 0.419. The predicted octanol–water partition coefficient (Wildman–Crippen LogP) is -0.236. The topological polar surface area (TPSA) is 46.2 Å².